The molecule has 1 saturated carbocycles. The number of thioether (sulfide) groups is 1. The van der Waals surface area contributed by atoms with Crippen LogP contribution in [0.4, 0.5) is 0 Å². The maximum atomic E-state index is 12.3. The number of hydrogen-bond donors (Lipinski definition) is 1. The highest BCUT2D eigenvalue weighted by molar-refractivity contribution is 7.99. The number of ether oxygens (including phenoxy) is 2. The fourth-order valence-corrected chi connectivity index (χ4v) is 4.00. The second-order valence-electron chi connectivity index (χ2n) is 6.90. The number of hydrogen-bond acceptors (Lipinski definition) is 7. The van der Waals surface area contributed by atoms with Crippen LogP contribution in [0.15, 0.2) is 47.9 Å². The lowest BCUT2D eigenvalue weighted by Gasteiger charge is -2.09. The fraction of sp³-hybridized carbons (Fsp3) is 0.300. The Kier molecular flexibility index (Phi) is 4.81. The van der Waals surface area contributed by atoms with Gasteiger partial charge in [-0.25, -0.2) is 0 Å². The van der Waals surface area contributed by atoms with Gasteiger partial charge < -0.3 is 14.8 Å². The van der Waals surface area contributed by atoms with Crippen molar-refractivity contribution in [3.8, 4) is 22.9 Å². The maximum Gasteiger partial charge on any atom is 0.231 e. The molecule has 0 unspecified atom stereocenters. The minimum absolute atomic E-state index is 0.0547. The zero-order chi connectivity index (χ0) is 19.6. The molecule has 8 nitrogen and oxygen atoms in total. The molecular formula is C20H19N5O3S. The number of pyridine rings is 1. The molecule has 5 rings (SSSR count). The Bertz CT molecular complexity index is 1040. The van der Waals surface area contributed by atoms with E-state index in [2.05, 4.69) is 25.1 Å². The van der Waals surface area contributed by atoms with Gasteiger partial charge in [0.05, 0.1) is 5.75 Å². The lowest BCUT2D eigenvalue weighted by atomic mass is 10.2. The van der Waals surface area contributed by atoms with Crippen molar-refractivity contribution in [2.24, 2.45) is 0 Å². The van der Waals surface area contributed by atoms with E-state index in [4.69, 9.17) is 9.47 Å². The second kappa shape index (κ2) is 7.75. The zero-order valence-corrected chi connectivity index (χ0v) is 16.4. The number of carbonyl (C=O) groups is 1. The number of amides is 1. The summed E-state index contributed by atoms with van der Waals surface area (Å²) >= 11 is 1.41. The highest BCUT2D eigenvalue weighted by Gasteiger charge is 2.30. The van der Waals surface area contributed by atoms with Gasteiger partial charge in [0.1, 0.15) is 0 Å². The van der Waals surface area contributed by atoms with Crippen LogP contribution in [0.2, 0.25) is 0 Å². The van der Waals surface area contributed by atoms with E-state index in [0.29, 0.717) is 18.3 Å². The number of rotatable bonds is 7. The van der Waals surface area contributed by atoms with Crippen molar-refractivity contribution in [2.45, 2.75) is 30.6 Å². The molecule has 0 saturated heterocycles. The Balaban J connectivity index is 1.21. The Morgan fingerprint density at radius 1 is 1.21 bits per heavy atom. The normalized spacial score (nSPS) is 14.8. The van der Waals surface area contributed by atoms with Crippen LogP contribution < -0.4 is 14.8 Å². The van der Waals surface area contributed by atoms with Crippen molar-refractivity contribution < 1.29 is 14.3 Å². The summed E-state index contributed by atoms with van der Waals surface area (Å²) in [6.45, 7) is 0.677. The zero-order valence-electron chi connectivity index (χ0n) is 15.6. The number of fused-ring (bicyclic) bond motifs is 1. The van der Waals surface area contributed by atoms with E-state index in [-0.39, 0.29) is 18.5 Å². The van der Waals surface area contributed by atoms with Crippen LogP contribution >= 0.6 is 11.8 Å². The minimum Gasteiger partial charge on any atom is -0.454 e. The molecule has 29 heavy (non-hydrogen) atoms. The van der Waals surface area contributed by atoms with Gasteiger partial charge in [-0.1, -0.05) is 17.8 Å². The molecule has 1 amide bonds. The summed E-state index contributed by atoms with van der Waals surface area (Å²) in [6, 6.07) is 9.93. The summed E-state index contributed by atoms with van der Waals surface area (Å²) in [5.74, 6) is 2.48. The van der Waals surface area contributed by atoms with Crippen molar-refractivity contribution in [2.75, 3.05) is 12.5 Å². The number of benzene rings is 1. The first-order chi connectivity index (χ1) is 14.3. The number of nitrogens with one attached hydrogen (secondary N) is 1. The van der Waals surface area contributed by atoms with Gasteiger partial charge in [0.2, 0.25) is 12.7 Å². The Morgan fingerprint density at radius 3 is 2.93 bits per heavy atom. The predicted molar refractivity (Wildman–Crippen MR) is 107 cm³/mol. The first-order valence-electron chi connectivity index (χ1n) is 9.41. The van der Waals surface area contributed by atoms with Crippen molar-refractivity contribution in [1.82, 2.24) is 25.1 Å². The quantitative estimate of drug-likeness (QED) is 0.600. The average molecular weight is 409 g/mol. The van der Waals surface area contributed by atoms with Gasteiger partial charge in [0.25, 0.3) is 0 Å². The molecule has 1 fully saturated rings. The van der Waals surface area contributed by atoms with Crippen molar-refractivity contribution in [1.29, 1.82) is 0 Å². The highest BCUT2D eigenvalue weighted by atomic mass is 32.2. The van der Waals surface area contributed by atoms with Crippen LogP contribution in [0.5, 0.6) is 11.5 Å². The molecular weight excluding hydrogens is 390 g/mol. The molecule has 9 heteroatoms. The molecule has 0 radical (unpaired) electrons. The van der Waals surface area contributed by atoms with E-state index >= 15 is 0 Å². The van der Waals surface area contributed by atoms with E-state index in [0.717, 1.165) is 40.7 Å². The molecule has 2 aromatic heterocycles. The van der Waals surface area contributed by atoms with Gasteiger partial charge >= 0.3 is 0 Å². The largest absolute Gasteiger partial charge is 0.454 e. The van der Waals surface area contributed by atoms with Gasteiger partial charge in [-0.2, -0.15) is 0 Å². The molecule has 3 heterocycles. The van der Waals surface area contributed by atoms with Crippen LogP contribution in [-0.4, -0.2) is 38.2 Å². The summed E-state index contributed by atoms with van der Waals surface area (Å²) < 4.78 is 12.8. The van der Waals surface area contributed by atoms with Gasteiger partial charge in [-0.05, 0) is 42.7 Å². The third-order valence-corrected chi connectivity index (χ3v) is 5.70. The maximum absolute atomic E-state index is 12.3. The third kappa shape index (κ3) is 3.91. The second-order valence-corrected chi connectivity index (χ2v) is 7.84. The van der Waals surface area contributed by atoms with Crippen LogP contribution in [0.1, 0.15) is 24.4 Å². The van der Waals surface area contributed by atoms with Crippen LogP contribution in [0.3, 0.4) is 0 Å². The summed E-state index contributed by atoms with van der Waals surface area (Å²) in [5.41, 5.74) is 1.90. The van der Waals surface area contributed by atoms with Crippen molar-refractivity contribution >= 4 is 17.7 Å². The van der Waals surface area contributed by atoms with E-state index in [1.54, 1.807) is 12.4 Å². The summed E-state index contributed by atoms with van der Waals surface area (Å²) in [7, 11) is 0. The fourth-order valence-electron chi connectivity index (χ4n) is 3.16. The molecule has 2 aliphatic rings. The molecule has 3 aromatic rings. The highest BCUT2D eigenvalue weighted by Crippen LogP contribution is 2.40. The van der Waals surface area contributed by atoms with Gasteiger partial charge in [-0.3, -0.25) is 14.3 Å². The van der Waals surface area contributed by atoms with E-state index in [9.17, 15) is 4.79 Å². The summed E-state index contributed by atoms with van der Waals surface area (Å²) in [4.78, 5) is 16.5. The van der Waals surface area contributed by atoms with Crippen LogP contribution in [0.25, 0.3) is 11.4 Å². The van der Waals surface area contributed by atoms with Crippen LogP contribution in [0, 0.1) is 0 Å². The number of nitrogens with zero attached hydrogens (tertiary/aromatic N) is 4. The summed E-state index contributed by atoms with van der Waals surface area (Å²) in [6.07, 6.45) is 5.74. The average Bonchev–Trinajstić information content (AvgIpc) is 3.33. The monoisotopic (exact) mass is 409 g/mol. The first-order valence-corrected chi connectivity index (χ1v) is 10.4. The molecule has 1 aromatic carbocycles. The molecule has 0 bridgehead atoms. The molecule has 0 atom stereocenters. The van der Waals surface area contributed by atoms with E-state index in [1.807, 2.05) is 30.3 Å². The molecule has 0 spiro atoms. The van der Waals surface area contributed by atoms with Gasteiger partial charge in [-0.15, -0.1) is 10.2 Å². The predicted octanol–water partition coefficient (Wildman–Crippen LogP) is 2.81. The molecule has 1 aliphatic carbocycles. The smallest absolute Gasteiger partial charge is 0.231 e. The molecule has 1 aliphatic heterocycles. The Labute approximate surface area is 171 Å². The van der Waals surface area contributed by atoms with Crippen molar-refractivity contribution in [3.63, 3.8) is 0 Å². The molecule has 1 N–H and O–H groups in total. The SMILES string of the molecule is O=C(CSc1nnc(-c2cccnc2)n1C1CC1)NCc1ccc2c(c1)OCO2. The summed E-state index contributed by atoms with van der Waals surface area (Å²) in [5, 5.41) is 12.4. The number of carbonyl (C=O) groups excluding carboxylic acids is 1. The Hall–Kier alpha value is -3.07. The standard InChI is InChI=1S/C20H19N5O3S/c26-18(22-9-13-3-6-16-17(8-13)28-12-27-16)11-29-20-24-23-19(25(20)15-4-5-15)14-2-1-7-21-10-14/h1-3,6-8,10,15H,4-5,9,11-12H2,(H,22,26). The van der Waals surface area contributed by atoms with Crippen molar-refractivity contribution in [3.05, 3.63) is 48.3 Å². The van der Waals surface area contributed by atoms with Crippen LogP contribution in [-0.2, 0) is 11.3 Å². The lowest BCUT2D eigenvalue weighted by molar-refractivity contribution is -0.118. The van der Waals surface area contributed by atoms with Gasteiger partial charge in [0.15, 0.2) is 22.5 Å². The first kappa shape index (κ1) is 18.0. The third-order valence-electron chi connectivity index (χ3n) is 4.76. The van der Waals surface area contributed by atoms with E-state index in [1.165, 1.54) is 11.8 Å². The Morgan fingerprint density at radius 2 is 2.10 bits per heavy atom. The van der Waals surface area contributed by atoms with E-state index < -0.39 is 0 Å². The van der Waals surface area contributed by atoms with Gasteiger partial charge in [0, 0.05) is 30.5 Å². The lowest BCUT2D eigenvalue weighted by Crippen LogP contribution is -2.24. The molecule has 148 valence electrons. The minimum atomic E-state index is -0.0547. The topological polar surface area (TPSA) is 91.2 Å². The number of aromatic nitrogens is 4.